The number of piperidine rings is 1. The smallest absolute Gasteiger partial charge is 0.303 e. The van der Waals surface area contributed by atoms with Crippen molar-refractivity contribution in [2.75, 3.05) is 6.54 Å². The van der Waals surface area contributed by atoms with Crippen molar-refractivity contribution in [2.45, 2.75) is 63.8 Å². The molecule has 2 fully saturated rings. The summed E-state index contributed by atoms with van der Waals surface area (Å²) in [4.78, 5) is 35.0. The highest BCUT2D eigenvalue weighted by Crippen LogP contribution is 2.42. The minimum absolute atomic E-state index is 0.0390. The van der Waals surface area contributed by atoms with Gasteiger partial charge in [-0.25, -0.2) is 0 Å². The SMILES string of the molecule is O=C(O)CC1(CC(=O)NC2CCCNC2=O)CCCCC1. The molecule has 0 aromatic rings. The minimum Gasteiger partial charge on any atom is -0.481 e. The molecule has 0 radical (unpaired) electrons. The molecule has 1 saturated heterocycles. The lowest BCUT2D eigenvalue weighted by molar-refractivity contribution is -0.141. The molecule has 0 aromatic heterocycles. The van der Waals surface area contributed by atoms with Gasteiger partial charge in [0.25, 0.3) is 0 Å². The molecule has 2 amide bonds. The molecule has 3 N–H and O–H groups in total. The highest BCUT2D eigenvalue weighted by Gasteiger charge is 2.37. The fourth-order valence-electron chi connectivity index (χ4n) is 3.53. The molecule has 1 aliphatic carbocycles. The van der Waals surface area contributed by atoms with Gasteiger partial charge in [0, 0.05) is 13.0 Å². The van der Waals surface area contributed by atoms with Crippen LogP contribution in [-0.2, 0) is 14.4 Å². The molecule has 0 spiro atoms. The van der Waals surface area contributed by atoms with Crippen LogP contribution in [0.5, 0.6) is 0 Å². The molecule has 118 valence electrons. The highest BCUT2D eigenvalue weighted by molar-refractivity contribution is 5.88. The van der Waals surface area contributed by atoms with E-state index in [1.165, 1.54) is 0 Å². The Morgan fingerprint density at radius 3 is 2.52 bits per heavy atom. The molecule has 1 atom stereocenters. The Morgan fingerprint density at radius 1 is 1.19 bits per heavy atom. The molecule has 0 bridgehead atoms. The molecular weight excluding hydrogens is 272 g/mol. The number of carbonyl (C=O) groups is 3. The summed E-state index contributed by atoms with van der Waals surface area (Å²) >= 11 is 0. The van der Waals surface area contributed by atoms with Gasteiger partial charge in [-0.05, 0) is 31.1 Å². The maximum absolute atomic E-state index is 12.2. The van der Waals surface area contributed by atoms with Crippen molar-refractivity contribution in [1.29, 1.82) is 0 Å². The zero-order valence-corrected chi connectivity index (χ0v) is 12.3. The Bertz CT molecular complexity index is 416. The van der Waals surface area contributed by atoms with Crippen molar-refractivity contribution in [3.05, 3.63) is 0 Å². The number of aliphatic carboxylic acids is 1. The predicted molar refractivity (Wildman–Crippen MR) is 76.6 cm³/mol. The van der Waals surface area contributed by atoms with Crippen molar-refractivity contribution in [2.24, 2.45) is 5.41 Å². The summed E-state index contributed by atoms with van der Waals surface area (Å²) in [7, 11) is 0. The van der Waals surface area contributed by atoms with Gasteiger partial charge in [-0.15, -0.1) is 0 Å². The maximum atomic E-state index is 12.2. The number of carbonyl (C=O) groups excluding carboxylic acids is 2. The van der Waals surface area contributed by atoms with Gasteiger partial charge in [-0.2, -0.15) is 0 Å². The average molecular weight is 296 g/mol. The number of amides is 2. The van der Waals surface area contributed by atoms with Crippen molar-refractivity contribution in [3.63, 3.8) is 0 Å². The summed E-state index contributed by atoms with van der Waals surface area (Å²) in [6.07, 6.45) is 6.39. The third-order valence-corrected chi connectivity index (χ3v) is 4.60. The van der Waals surface area contributed by atoms with Crippen LogP contribution in [0.2, 0.25) is 0 Å². The first kappa shape index (κ1) is 15.8. The molecule has 2 rings (SSSR count). The maximum Gasteiger partial charge on any atom is 0.303 e. The summed E-state index contributed by atoms with van der Waals surface area (Å²) < 4.78 is 0. The van der Waals surface area contributed by atoms with Gasteiger partial charge in [0.1, 0.15) is 6.04 Å². The van der Waals surface area contributed by atoms with Crippen LogP contribution in [0, 0.1) is 5.41 Å². The molecule has 6 heteroatoms. The predicted octanol–water partition coefficient (Wildman–Crippen LogP) is 1.20. The lowest BCUT2D eigenvalue weighted by Crippen LogP contribution is -2.51. The zero-order valence-electron chi connectivity index (χ0n) is 12.3. The molecule has 1 unspecified atom stereocenters. The Balaban J connectivity index is 1.94. The van der Waals surface area contributed by atoms with Crippen molar-refractivity contribution in [3.8, 4) is 0 Å². The third kappa shape index (κ3) is 4.44. The minimum atomic E-state index is -0.847. The monoisotopic (exact) mass is 296 g/mol. The average Bonchev–Trinajstić information content (AvgIpc) is 2.41. The zero-order chi connectivity index (χ0) is 15.3. The van der Waals surface area contributed by atoms with Crippen LogP contribution >= 0.6 is 0 Å². The molecule has 6 nitrogen and oxygen atoms in total. The van der Waals surface area contributed by atoms with Crippen LogP contribution in [0.3, 0.4) is 0 Å². The number of hydrogen-bond acceptors (Lipinski definition) is 3. The molecular formula is C15H24N2O4. The van der Waals surface area contributed by atoms with Crippen LogP contribution in [0.25, 0.3) is 0 Å². The number of nitrogens with one attached hydrogen (secondary N) is 2. The second kappa shape index (κ2) is 6.91. The van der Waals surface area contributed by atoms with E-state index >= 15 is 0 Å². The summed E-state index contributed by atoms with van der Waals surface area (Å²) in [5, 5.41) is 14.6. The summed E-state index contributed by atoms with van der Waals surface area (Å²) in [5.74, 6) is -1.18. The standard InChI is InChI=1S/C15H24N2O4/c18-12(17-11-5-4-8-16-14(11)21)9-15(10-13(19)20)6-2-1-3-7-15/h11H,1-10H2,(H,16,21)(H,17,18)(H,19,20). The fourth-order valence-corrected chi connectivity index (χ4v) is 3.53. The molecule has 2 aliphatic rings. The van der Waals surface area contributed by atoms with E-state index in [9.17, 15) is 14.4 Å². The number of hydrogen-bond donors (Lipinski definition) is 3. The Labute approximate surface area is 124 Å². The summed E-state index contributed by atoms with van der Waals surface area (Å²) in [6.45, 7) is 0.661. The van der Waals surface area contributed by atoms with Crippen LogP contribution in [-0.4, -0.2) is 35.5 Å². The van der Waals surface area contributed by atoms with Gasteiger partial charge >= 0.3 is 5.97 Å². The van der Waals surface area contributed by atoms with Gasteiger partial charge < -0.3 is 15.7 Å². The van der Waals surface area contributed by atoms with Crippen molar-refractivity contribution >= 4 is 17.8 Å². The normalized spacial score (nSPS) is 25.0. The van der Waals surface area contributed by atoms with E-state index in [1.54, 1.807) is 0 Å². The van der Waals surface area contributed by atoms with Crippen LogP contribution in [0.15, 0.2) is 0 Å². The van der Waals surface area contributed by atoms with Gasteiger partial charge in [0.2, 0.25) is 11.8 Å². The Hall–Kier alpha value is -1.59. The van der Waals surface area contributed by atoms with Crippen molar-refractivity contribution < 1.29 is 19.5 Å². The highest BCUT2D eigenvalue weighted by atomic mass is 16.4. The van der Waals surface area contributed by atoms with E-state index in [0.717, 1.165) is 38.5 Å². The summed E-state index contributed by atoms with van der Waals surface area (Å²) in [5.41, 5.74) is -0.431. The first-order valence-corrected chi connectivity index (χ1v) is 7.80. The van der Waals surface area contributed by atoms with E-state index in [2.05, 4.69) is 10.6 Å². The lowest BCUT2D eigenvalue weighted by Gasteiger charge is -2.36. The molecule has 1 saturated carbocycles. The van der Waals surface area contributed by atoms with Gasteiger partial charge in [0.05, 0.1) is 6.42 Å². The topological polar surface area (TPSA) is 95.5 Å². The number of carboxylic acids is 1. The molecule has 1 heterocycles. The molecule has 1 aliphatic heterocycles. The van der Waals surface area contributed by atoms with Gasteiger partial charge in [-0.1, -0.05) is 19.3 Å². The van der Waals surface area contributed by atoms with Gasteiger partial charge in [0.15, 0.2) is 0 Å². The first-order valence-electron chi connectivity index (χ1n) is 7.80. The van der Waals surface area contributed by atoms with E-state index in [4.69, 9.17) is 5.11 Å². The van der Waals surface area contributed by atoms with Crippen LogP contribution in [0.1, 0.15) is 57.8 Å². The second-order valence-corrected chi connectivity index (χ2v) is 6.36. The largest absolute Gasteiger partial charge is 0.481 e. The Morgan fingerprint density at radius 2 is 1.90 bits per heavy atom. The van der Waals surface area contributed by atoms with Crippen molar-refractivity contribution in [1.82, 2.24) is 10.6 Å². The van der Waals surface area contributed by atoms with E-state index < -0.39 is 17.4 Å². The molecule has 0 aromatic carbocycles. The van der Waals surface area contributed by atoms with Gasteiger partial charge in [-0.3, -0.25) is 14.4 Å². The third-order valence-electron chi connectivity index (χ3n) is 4.60. The number of carboxylic acid groups (broad SMARTS) is 1. The number of rotatable bonds is 5. The van der Waals surface area contributed by atoms with Crippen LogP contribution < -0.4 is 10.6 Å². The second-order valence-electron chi connectivity index (χ2n) is 6.36. The quantitative estimate of drug-likeness (QED) is 0.710. The Kier molecular flexibility index (Phi) is 5.20. The van der Waals surface area contributed by atoms with E-state index in [0.29, 0.717) is 13.0 Å². The van der Waals surface area contributed by atoms with E-state index in [1.807, 2.05) is 0 Å². The fraction of sp³-hybridized carbons (Fsp3) is 0.800. The van der Waals surface area contributed by atoms with Crippen LogP contribution in [0.4, 0.5) is 0 Å². The lowest BCUT2D eigenvalue weighted by atomic mass is 9.69. The molecule has 21 heavy (non-hydrogen) atoms. The summed E-state index contributed by atoms with van der Waals surface area (Å²) in [6, 6.07) is -0.461. The first-order chi connectivity index (χ1) is 10.0. The van der Waals surface area contributed by atoms with E-state index in [-0.39, 0.29) is 24.7 Å².